The first-order valence-corrected chi connectivity index (χ1v) is 42.6. The molecule has 21 heteroatoms. The van der Waals surface area contributed by atoms with Crippen molar-refractivity contribution in [3.63, 3.8) is 0 Å². The van der Waals surface area contributed by atoms with Gasteiger partial charge in [-0.1, -0.05) is 285 Å². The van der Waals surface area contributed by atoms with E-state index in [9.17, 15) is 40.4 Å². The van der Waals surface area contributed by atoms with Crippen LogP contribution in [0.3, 0.4) is 0 Å². The van der Waals surface area contributed by atoms with Gasteiger partial charge >= 0.3 is 0 Å². The predicted octanol–water partition coefficient (Wildman–Crippen LogP) is 31.0. The zero-order valence-corrected chi connectivity index (χ0v) is 70.9. The largest absolute Gasteiger partial charge is 0.248 e. The van der Waals surface area contributed by atoms with Crippen molar-refractivity contribution in [1.29, 1.82) is 5.26 Å². The second-order valence-electron chi connectivity index (χ2n) is 31.8. The van der Waals surface area contributed by atoms with Gasteiger partial charge in [-0.3, -0.25) is 0 Å². The lowest BCUT2D eigenvalue weighted by atomic mass is 9.94. The Morgan fingerprint density at radius 3 is 0.787 bits per heavy atom. The molecule has 0 aliphatic carbocycles. The normalized spacial score (nSPS) is 11.2. The molecule has 0 spiro atoms. The van der Waals surface area contributed by atoms with Crippen molar-refractivity contribution in [2.45, 2.75) is 0 Å². The van der Waals surface area contributed by atoms with Crippen LogP contribution < -0.4 is 0 Å². The van der Waals surface area contributed by atoms with Crippen molar-refractivity contribution >= 4 is 115 Å². The van der Waals surface area contributed by atoms with E-state index in [4.69, 9.17) is 64.6 Å². The van der Waals surface area contributed by atoms with Gasteiger partial charge in [0.25, 0.3) is 0 Å². The summed E-state index contributed by atoms with van der Waals surface area (Å²) in [7, 11) is 0. The van der Waals surface area contributed by atoms with Gasteiger partial charge in [0.15, 0.2) is 57.8 Å². The van der Waals surface area contributed by atoms with Crippen LogP contribution in [0.2, 0.25) is 0 Å². The van der Waals surface area contributed by atoms with Crippen LogP contribution in [0.1, 0.15) is 5.56 Å². The maximum absolute atomic E-state index is 14.9. The van der Waals surface area contributed by atoms with Crippen molar-refractivity contribution in [1.82, 2.24) is 44.9 Å². The maximum Gasteiger partial charge on any atom is 0.200 e. The smallest absolute Gasteiger partial charge is 0.200 e. The minimum atomic E-state index is -2.24. The number of aromatic nitrogens is 9. The highest BCUT2D eigenvalue weighted by molar-refractivity contribution is 6.28. The molecule has 0 saturated heterocycles. The third-order valence-corrected chi connectivity index (χ3v) is 23.7. The lowest BCUT2D eigenvalue weighted by Crippen LogP contribution is -2.04. The van der Waals surface area contributed by atoms with Crippen LogP contribution in [-0.4, -0.2) is 44.9 Å². The predicted molar refractivity (Wildman–Crippen MR) is 520 cm³/mol. The van der Waals surface area contributed by atoms with Crippen molar-refractivity contribution in [2.24, 2.45) is 0 Å². The van der Waals surface area contributed by atoms with Gasteiger partial charge in [-0.2, -0.15) is 5.26 Å². The maximum atomic E-state index is 14.9. The second kappa shape index (κ2) is 35.2. The number of benzene rings is 17. The van der Waals surface area contributed by atoms with E-state index >= 15 is 0 Å². The number of nitriles is 1. The summed E-state index contributed by atoms with van der Waals surface area (Å²) in [6.45, 7) is 24.6. The number of hydrogen-bond acceptors (Lipinski definition) is 10. The molecule has 0 unspecified atom stereocenters. The first-order chi connectivity index (χ1) is 66.6. The molecule has 23 rings (SSSR count). The third kappa shape index (κ3) is 15.0. The Morgan fingerprint density at radius 1 is 0.206 bits per heavy atom. The minimum Gasteiger partial charge on any atom is -0.248 e. The van der Waals surface area contributed by atoms with Crippen LogP contribution >= 0.6 is 0 Å². The van der Waals surface area contributed by atoms with Crippen LogP contribution in [0, 0.1) is 77.6 Å². The fourth-order valence-electron chi connectivity index (χ4n) is 17.6. The van der Waals surface area contributed by atoms with Gasteiger partial charge in [0.1, 0.15) is 0 Å². The highest BCUT2D eigenvalue weighted by atomic mass is 19.2. The van der Waals surface area contributed by atoms with Gasteiger partial charge in [0.2, 0.25) is 5.82 Å². The molecule has 13 nitrogen and oxygen atoms in total. The van der Waals surface area contributed by atoms with Crippen molar-refractivity contribution in [3.05, 3.63) is 444 Å². The molecule has 6 aromatic heterocycles. The quantitative estimate of drug-likeness (QED) is 0.0402. The Morgan fingerprint density at radius 2 is 0.463 bits per heavy atom. The van der Waals surface area contributed by atoms with Crippen LogP contribution in [0.15, 0.2) is 358 Å². The molecular weight excluding hydrogens is 1720 g/mol. The molecule has 640 valence electrons. The molecule has 0 bridgehead atoms. The number of pyridine rings is 3. The fourth-order valence-corrected chi connectivity index (χ4v) is 17.6. The average Bonchev–Trinajstić information content (AvgIpc) is 0.727. The number of fused-ring (bicyclic) bond motifs is 15. The minimum absolute atomic E-state index is 0.177. The number of rotatable bonds is 11. The lowest BCUT2D eigenvalue weighted by Gasteiger charge is -2.17. The SMILES string of the molecule is [C-]#[N+]c1cc2nc(-c3ccccc3)c(-c3ccccc3)nc2c2c1c(-c1cccc(-c3c(F)c(F)c(F)c(F)c3F)c1)nc1ccccc12.[C-]#[N+]c1cc2nc(-c3ccccc3)c(-c3ccccc3)nc2c2c1c(-c1cccc(-c3cc(F)c(F)c(F)c3)c1)nc1ccccc12.[C-]#[N+]c1cc2nc(-c3ccccc3)c(-c3ccccc3)nc2c2c1c(-c1cccc(C#N)c1)nc1ccccc12. The standard InChI is InChI=1S/C40H19F5N4.C40H21F3N4.C35H19N5/c1-46-27-20-28-40(49-39(22-13-6-3-7-14-22)38(48-28)21-11-4-2-5-12-21)30-25-17-8-9-18-26(25)47-37(31(27)30)24-16-10-15-23(19-24)29-32(41)34(43)36(45)35(44)33(29)42;1-44-32-22-33-40(47-39(24-13-6-3-7-14-24)38(46-33)23-11-4-2-5-12-23)34-28-17-8-9-18-31(28)45-37(35(32)34)26-16-10-15-25(19-26)27-20-29(41)36(43)30(42)21-27;1-37-28-20-29-35(40-34(24-14-6-3-7-15-24)33(39-29)23-12-4-2-5-13-23)30-26-17-8-9-18-27(26)38-32(31(28)30)25-16-10-11-22(19-25)21-36/h2-20H;2-22H;2-20H. The summed E-state index contributed by atoms with van der Waals surface area (Å²) >= 11 is 0. The summed E-state index contributed by atoms with van der Waals surface area (Å²) in [5.74, 6) is -14.3. The molecule has 0 aliphatic rings. The number of halogens is 8. The van der Waals surface area contributed by atoms with E-state index in [1.807, 2.05) is 273 Å². The molecule has 136 heavy (non-hydrogen) atoms. The monoisotopic (exact) mass is 1770 g/mol. The Hall–Kier alpha value is -18.8. The van der Waals surface area contributed by atoms with Crippen molar-refractivity contribution in [3.8, 4) is 130 Å². The molecule has 0 saturated carbocycles. The summed E-state index contributed by atoms with van der Waals surface area (Å²) in [6.07, 6.45) is 0. The van der Waals surface area contributed by atoms with E-state index in [1.165, 1.54) is 18.2 Å². The van der Waals surface area contributed by atoms with E-state index in [1.54, 1.807) is 54.6 Å². The molecular formula is C115H59F8N13. The van der Waals surface area contributed by atoms with E-state index in [0.29, 0.717) is 139 Å². The first kappa shape index (κ1) is 84.0. The number of hydrogen-bond donors (Lipinski definition) is 0. The van der Waals surface area contributed by atoms with Gasteiger partial charge in [0, 0.05) is 98.5 Å². The number of para-hydroxylation sites is 3. The van der Waals surface area contributed by atoms with Crippen LogP contribution in [-0.2, 0) is 0 Å². The summed E-state index contributed by atoms with van der Waals surface area (Å²) in [6, 6.07) is 111. The Labute approximate surface area is 769 Å². The summed E-state index contributed by atoms with van der Waals surface area (Å²) in [5, 5.41) is 15.8. The first-order valence-electron chi connectivity index (χ1n) is 42.6. The molecule has 0 amide bonds. The van der Waals surface area contributed by atoms with Gasteiger partial charge < -0.3 is 0 Å². The molecule has 23 aromatic rings. The Kier molecular flexibility index (Phi) is 21.8. The van der Waals surface area contributed by atoms with Crippen LogP contribution in [0.25, 0.3) is 236 Å². The third-order valence-electron chi connectivity index (χ3n) is 23.7. The van der Waals surface area contributed by atoms with E-state index in [0.717, 1.165) is 89.5 Å². The second-order valence-corrected chi connectivity index (χ2v) is 31.8. The van der Waals surface area contributed by atoms with E-state index < -0.39 is 52.1 Å². The fraction of sp³-hybridized carbons (Fsp3) is 0. The zero-order valence-electron chi connectivity index (χ0n) is 70.9. The van der Waals surface area contributed by atoms with Gasteiger partial charge in [0.05, 0.1) is 138 Å². The Bertz CT molecular complexity index is 9020. The molecule has 0 aliphatic heterocycles. The Balaban J connectivity index is 0.000000123. The van der Waals surface area contributed by atoms with Crippen molar-refractivity contribution < 1.29 is 35.1 Å². The van der Waals surface area contributed by atoms with Gasteiger partial charge in [-0.15, -0.1) is 0 Å². The summed E-state index contributed by atoms with van der Waals surface area (Å²) in [4.78, 5) is 57.8. The molecule has 17 aromatic carbocycles. The van der Waals surface area contributed by atoms with Crippen LogP contribution in [0.5, 0.6) is 0 Å². The highest BCUT2D eigenvalue weighted by Crippen LogP contribution is 2.50. The number of nitrogens with zero attached hydrogens (tertiary/aromatic N) is 13. The average molecular weight is 1770 g/mol. The van der Waals surface area contributed by atoms with Crippen molar-refractivity contribution in [2.75, 3.05) is 0 Å². The zero-order chi connectivity index (χ0) is 92.9. The molecule has 0 atom stereocenters. The topological polar surface area (TPSA) is 153 Å². The van der Waals surface area contributed by atoms with Crippen LogP contribution in [0.4, 0.5) is 52.2 Å². The van der Waals surface area contributed by atoms with Gasteiger partial charge in [-0.05, 0) is 89.5 Å². The lowest BCUT2D eigenvalue weighted by molar-refractivity contribution is 0.381. The molecule has 0 fully saturated rings. The van der Waals surface area contributed by atoms with Gasteiger partial charge in [-0.25, -0.2) is 94.5 Å². The summed E-state index contributed by atoms with van der Waals surface area (Å²) < 4.78 is 114. The molecule has 0 N–H and O–H groups in total. The van der Waals surface area contributed by atoms with E-state index in [2.05, 4.69) is 20.6 Å². The highest BCUT2D eigenvalue weighted by Gasteiger charge is 2.31. The summed E-state index contributed by atoms with van der Waals surface area (Å²) in [5.41, 5.74) is 19.0. The molecule has 6 heterocycles. The van der Waals surface area contributed by atoms with E-state index in [-0.39, 0.29) is 22.5 Å². The molecule has 0 radical (unpaired) electrons.